The fraction of sp³-hybridized carbons (Fsp3) is 0.0385. The van der Waals surface area contributed by atoms with Crippen molar-refractivity contribution in [1.82, 2.24) is 14.5 Å². The minimum atomic E-state index is -1.17. The number of carbonyl (C=O) groups is 1. The van der Waals surface area contributed by atoms with E-state index in [0.29, 0.717) is 27.6 Å². The smallest absolute Gasteiger partial charge is 0.353 e. The summed E-state index contributed by atoms with van der Waals surface area (Å²) in [7, 11) is 0. The number of benzene rings is 2. The van der Waals surface area contributed by atoms with Crippen molar-refractivity contribution in [2.24, 2.45) is 0 Å². The maximum absolute atomic E-state index is 12.8. The van der Waals surface area contributed by atoms with Crippen LogP contribution in [0.5, 0.6) is 0 Å². The van der Waals surface area contributed by atoms with Crippen molar-refractivity contribution in [2.75, 3.05) is 0 Å². The van der Waals surface area contributed by atoms with Crippen molar-refractivity contribution in [2.45, 2.75) is 6.54 Å². The second-order valence-electron chi connectivity index (χ2n) is 7.96. The lowest BCUT2D eigenvalue weighted by molar-refractivity contribution is 0.0687. The van der Waals surface area contributed by atoms with Crippen LogP contribution in [0.1, 0.15) is 16.1 Å². The van der Waals surface area contributed by atoms with Gasteiger partial charge in [-0.25, -0.2) is 9.78 Å². The van der Waals surface area contributed by atoms with Gasteiger partial charge in [-0.1, -0.05) is 29.8 Å². The van der Waals surface area contributed by atoms with Crippen molar-refractivity contribution >= 4 is 50.3 Å². The summed E-state index contributed by atoms with van der Waals surface area (Å²) in [5.41, 5.74) is 2.67. The molecule has 0 aliphatic rings. The molecule has 0 fully saturated rings. The van der Waals surface area contributed by atoms with Gasteiger partial charge in [0.25, 0.3) is 5.56 Å². The first-order valence-electron chi connectivity index (χ1n) is 10.5. The minimum Gasteiger partial charge on any atom is -0.477 e. The number of furan rings is 1. The summed E-state index contributed by atoms with van der Waals surface area (Å²) in [6.45, 7) is 0.145. The predicted octanol–water partition coefficient (Wildman–Crippen LogP) is 5.69. The van der Waals surface area contributed by atoms with Crippen LogP contribution in [0.2, 0.25) is 5.15 Å². The molecule has 8 heteroatoms. The Morgan fingerprint density at radius 3 is 2.76 bits per heavy atom. The molecule has 7 nitrogen and oxygen atoms in total. The van der Waals surface area contributed by atoms with E-state index in [0.717, 1.165) is 16.3 Å². The topological polar surface area (TPSA) is 101 Å². The molecule has 0 saturated heterocycles. The number of H-pyrrole nitrogens is 1. The molecule has 0 aliphatic heterocycles. The first-order chi connectivity index (χ1) is 16.5. The Morgan fingerprint density at radius 2 is 1.94 bits per heavy atom. The second kappa shape index (κ2) is 7.60. The average molecular weight is 470 g/mol. The minimum absolute atomic E-state index is 0.0279. The van der Waals surface area contributed by atoms with Crippen LogP contribution in [0.15, 0.2) is 82.3 Å². The fourth-order valence-electron chi connectivity index (χ4n) is 4.55. The molecule has 0 spiro atoms. The lowest BCUT2D eigenvalue weighted by Gasteiger charge is -2.11. The van der Waals surface area contributed by atoms with Crippen LogP contribution in [-0.2, 0) is 6.54 Å². The molecular weight excluding hydrogens is 454 g/mol. The molecule has 0 amide bonds. The molecule has 34 heavy (non-hydrogen) atoms. The number of halogens is 1. The van der Waals surface area contributed by atoms with Crippen LogP contribution < -0.4 is 5.56 Å². The molecule has 6 aromatic rings. The van der Waals surface area contributed by atoms with Crippen LogP contribution >= 0.6 is 11.6 Å². The van der Waals surface area contributed by atoms with Crippen LogP contribution in [0, 0.1) is 0 Å². The van der Waals surface area contributed by atoms with Gasteiger partial charge in [0.05, 0.1) is 34.8 Å². The van der Waals surface area contributed by atoms with E-state index in [1.807, 2.05) is 42.5 Å². The Balaban J connectivity index is 1.71. The number of para-hydroxylation sites is 1. The van der Waals surface area contributed by atoms with Gasteiger partial charge in [0.1, 0.15) is 16.4 Å². The van der Waals surface area contributed by atoms with Gasteiger partial charge < -0.3 is 19.1 Å². The van der Waals surface area contributed by atoms with E-state index in [2.05, 4.69) is 9.97 Å². The number of rotatable bonds is 4. The van der Waals surface area contributed by atoms with Gasteiger partial charge in [0, 0.05) is 28.1 Å². The number of fused-ring (bicyclic) bond motifs is 4. The molecule has 166 valence electrons. The van der Waals surface area contributed by atoms with Crippen LogP contribution in [-0.4, -0.2) is 25.6 Å². The fourth-order valence-corrected chi connectivity index (χ4v) is 4.75. The van der Waals surface area contributed by atoms with Gasteiger partial charge in [-0.15, -0.1) is 0 Å². The van der Waals surface area contributed by atoms with Gasteiger partial charge in [0.15, 0.2) is 0 Å². The third kappa shape index (κ3) is 3.02. The zero-order valence-corrected chi connectivity index (χ0v) is 18.3. The highest BCUT2D eigenvalue weighted by Gasteiger charge is 2.28. The van der Waals surface area contributed by atoms with Crippen molar-refractivity contribution in [3.8, 4) is 11.1 Å². The molecule has 0 saturated carbocycles. The highest BCUT2D eigenvalue weighted by Crippen LogP contribution is 2.39. The summed E-state index contributed by atoms with van der Waals surface area (Å²) in [5.74, 6) is -1.17. The Bertz CT molecular complexity index is 1810. The van der Waals surface area contributed by atoms with E-state index in [9.17, 15) is 14.7 Å². The predicted molar refractivity (Wildman–Crippen MR) is 131 cm³/mol. The van der Waals surface area contributed by atoms with Gasteiger partial charge in [-0.3, -0.25) is 4.79 Å². The first-order valence-corrected chi connectivity index (χ1v) is 10.9. The average Bonchev–Trinajstić information content (AvgIpc) is 3.42. The van der Waals surface area contributed by atoms with Crippen molar-refractivity contribution in [1.29, 1.82) is 0 Å². The van der Waals surface area contributed by atoms with Crippen LogP contribution in [0.4, 0.5) is 0 Å². The standard InChI is InChI=1S/C26H16ClN3O4/c27-24-16(12-15-4-1-2-6-18(15)29-24)13-30-19-8-7-14-9-11-34-23(14)21(19)20(22(30)26(32)33)17-5-3-10-28-25(17)31/h1-12H,13H2,(H,28,31)(H,32,33). The van der Waals surface area contributed by atoms with E-state index in [-0.39, 0.29) is 23.0 Å². The number of aromatic nitrogens is 3. The maximum atomic E-state index is 12.8. The number of hydrogen-bond donors (Lipinski definition) is 2. The molecule has 6 rings (SSSR count). The normalized spacial score (nSPS) is 11.6. The second-order valence-corrected chi connectivity index (χ2v) is 8.32. The number of aromatic amines is 1. The van der Waals surface area contributed by atoms with Crippen molar-refractivity contribution < 1.29 is 14.3 Å². The summed E-state index contributed by atoms with van der Waals surface area (Å²) in [6.07, 6.45) is 3.06. The Morgan fingerprint density at radius 1 is 1.09 bits per heavy atom. The zero-order chi connectivity index (χ0) is 23.4. The molecule has 0 bridgehead atoms. The number of carboxylic acid groups (broad SMARTS) is 1. The maximum Gasteiger partial charge on any atom is 0.353 e. The molecule has 4 aromatic heterocycles. The highest BCUT2D eigenvalue weighted by molar-refractivity contribution is 6.30. The number of pyridine rings is 2. The molecule has 4 heterocycles. The molecule has 0 atom stereocenters. The van der Waals surface area contributed by atoms with Crippen LogP contribution in [0.3, 0.4) is 0 Å². The summed E-state index contributed by atoms with van der Waals surface area (Å²) in [4.78, 5) is 32.5. The molecule has 0 unspecified atom stereocenters. The third-order valence-corrected chi connectivity index (χ3v) is 6.34. The van der Waals surface area contributed by atoms with Gasteiger partial charge in [0.2, 0.25) is 0 Å². The number of nitrogens with zero attached hydrogens (tertiary/aromatic N) is 2. The monoisotopic (exact) mass is 469 g/mol. The van der Waals surface area contributed by atoms with Crippen LogP contribution in [0.25, 0.3) is 43.9 Å². The van der Waals surface area contributed by atoms with E-state index in [4.69, 9.17) is 16.0 Å². The van der Waals surface area contributed by atoms with Gasteiger partial charge in [-0.05, 0) is 42.5 Å². The number of hydrogen-bond acceptors (Lipinski definition) is 4. The largest absolute Gasteiger partial charge is 0.477 e. The van der Waals surface area contributed by atoms with Gasteiger partial charge >= 0.3 is 5.97 Å². The molecule has 0 radical (unpaired) electrons. The first kappa shape index (κ1) is 20.3. The Labute approximate surface area is 196 Å². The van der Waals surface area contributed by atoms with Gasteiger partial charge in [-0.2, -0.15) is 0 Å². The number of carboxylic acids is 1. The molecular formula is C26H16ClN3O4. The Kier molecular flexibility index (Phi) is 4.53. The van der Waals surface area contributed by atoms with E-state index in [1.54, 1.807) is 29.0 Å². The van der Waals surface area contributed by atoms with E-state index < -0.39 is 11.5 Å². The molecule has 0 aliphatic carbocycles. The summed E-state index contributed by atoms with van der Waals surface area (Å²) >= 11 is 6.52. The van der Waals surface area contributed by atoms with E-state index >= 15 is 0 Å². The quantitative estimate of drug-likeness (QED) is 0.323. The highest BCUT2D eigenvalue weighted by atomic mass is 35.5. The number of aromatic carboxylic acids is 1. The SMILES string of the molecule is O=C(O)c1c(-c2ccc[nH]c2=O)c2c3occc3ccc2n1Cc1cc2ccccc2nc1Cl. The Hall–Kier alpha value is -4.36. The zero-order valence-electron chi connectivity index (χ0n) is 17.6. The lowest BCUT2D eigenvalue weighted by atomic mass is 10.0. The molecule has 2 N–H and O–H groups in total. The summed E-state index contributed by atoms with van der Waals surface area (Å²) < 4.78 is 7.41. The summed E-state index contributed by atoms with van der Waals surface area (Å²) in [6, 6.07) is 18.3. The van der Waals surface area contributed by atoms with E-state index in [1.165, 1.54) is 6.20 Å². The third-order valence-electron chi connectivity index (χ3n) is 6.02. The van der Waals surface area contributed by atoms with Crippen molar-refractivity contribution in [3.63, 3.8) is 0 Å². The summed E-state index contributed by atoms with van der Waals surface area (Å²) in [5, 5.41) is 12.9. The molecule has 2 aromatic carbocycles. The lowest BCUT2D eigenvalue weighted by Crippen LogP contribution is -2.14. The van der Waals surface area contributed by atoms with Crippen molar-refractivity contribution in [3.05, 3.63) is 99.9 Å². The number of nitrogens with one attached hydrogen (secondary N) is 1.